The monoisotopic (exact) mass is 338 g/mol. The Morgan fingerprint density at radius 3 is 2.80 bits per heavy atom. The molecule has 2 unspecified atom stereocenters. The fourth-order valence-electron chi connectivity index (χ4n) is 3.17. The second-order valence-corrected chi connectivity index (χ2v) is 7.38. The van der Waals surface area contributed by atoms with Gasteiger partial charge in [-0.1, -0.05) is 19.8 Å². The summed E-state index contributed by atoms with van der Waals surface area (Å²) in [7, 11) is 0. The molecule has 2 aliphatic rings. The molecule has 1 heterocycles. The first-order valence-corrected chi connectivity index (χ1v) is 8.61. The predicted molar refractivity (Wildman–Crippen MR) is 83.9 cm³/mol. The highest BCUT2D eigenvalue weighted by Crippen LogP contribution is 2.37. The van der Waals surface area contributed by atoms with Crippen molar-refractivity contribution in [1.29, 1.82) is 0 Å². The van der Waals surface area contributed by atoms with Crippen molar-refractivity contribution in [2.75, 3.05) is 0 Å². The smallest absolute Gasteiger partial charge is 0.268 e. The van der Waals surface area contributed by atoms with Crippen LogP contribution in [-0.4, -0.2) is 16.5 Å². The molecule has 110 valence electrons. The van der Waals surface area contributed by atoms with E-state index in [4.69, 9.17) is 0 Å². The van der Waals surface area contributed by atoms with Crippen LogP contribution in [0.15, 0.2) is 16.7 Å². The van der Waals surface area contributed by atoms with Crippen LogP contribution in [0, 0.1) is 5.92 Å². The number of nitrogens with zero attached hydrogens (tertiary/aromatic N) is 1. The maximum atomic E-state index is 12.5. The van der Waals surface area contributed by atoms with E-state index in [1.165, 1.54) is 32.1 Å². The number of nitrogens with one attached hydrogen (secondary N) is 1. The zero-order chi connectivity index (χ0) is 14.1. The molecule has 2 fully saturated rings. The standard InChI is InChI=1S/C16H23BrN2O/c1-11-3-2-4-13(6-5-11)18-16(20)15-9-12(17)10-19(15)14-7-8-14/h9-11,13-14H,2-8H2,1H3,(H,18,20). The molecular formula is C16H23BrN2O. The van der Waals surface area contributed by atoms with Gasteiger partial charge in [0, 0.05) is 22.8 Å². The van der Waals surface area contributed by atoms with Gasteiger partial charge in [-0.2, -0.15) is 0 Å². The summed E-state index contributed by atoms with van der Waals surface area (Å²) >= 11 is 3.49. The largest absolute Gasteiger partial charge is 0.348 e. The molecule has 4 heteroatoms. The van der Waals surface area contributed by atoms with Crippen molar-refractivity contribution >= 4 is 21.8 Å². The van der Waals surface area contributed by atoms with Crippen molar-refractivity contribution in [1.82, 2.24) is 9.88 Å². The van der Waals surface area contributed by atoms with Crippen molar-refractivity contribution in [2.24, 2.45) is 5.92 Å². The van der Waals surface area contributed by atoms with Crippen LogP contribution in [0.2, 0.25) is 0 Å². The Morgan fingerprint density at radius 2 is 2.05 bits per heavy atom. The molecule has 1 aromatic rings. The molecule has 3 nitrogen and oxygen atoms in total. The Kier molecular flexibility index (Phi) is 4.20. The molecule has 1 aromatic heterocycles. The third-order valence-electron chi connectivity index (χ3n) is 4.58. The van der Waals surface area contributed by atoms with Gasteiger partial charge in [0.1, 0.15) is 5.69 Å². The molecule has 0 aliphatic heterocycles. The maximum Gasteiger partial charge on any atom is 0.268 e. The average molecular weight is 339 g/mol. The molecule has 1 amide bonds. The quantitative estimate of drug-likeness (QED) is 0.819. The zero-order valence-electron chi connectivity index (χ0n) is 12.1. The van der Waals surface area contributed by atoms with E-state index in [2.05, 4.69) is 32.7 Å². The molecule has 0 saturated heterocycles. The van der Waals surface area contributed by atoms with E-state index in [-0.39, 0.29) is 5.91 Å². The van der Waals surface area contributed by atoms with Gasteiger partial charge in [0.05, 0.1) is 0 Å². The predicted octanol–water partition coefficient (Wildman–Crippen LogP) is 4.28. The van der Waals surface area contributed by atoms with Crippen molar-refractivity contribution in [3.05, 3.63) is 22.4 Å². The fourth-order valence-corrected chi connectivity index (χ4v) is 3.61. The van der Waals surface area contributed by atoms with Crippen LogP contribution in [0.5, 0.6) is 0 Å². The van der Waals surface area contributed by atoms with E-state index < -0.39 is 0 Å². The maximum absolute atomic E-state index is 12.5. The third kappa shape index (κ3) is 3.27. The number of hydrogen-bond acceptors (Lipinski definition) is 1. The Balaban J connectivity index is 1.66. The Bertz CT molecular complexity index is 493. The Hall–Kier alpha value is -0.770. The lowest BCUT2D eigenvalue weighted by Crippen LogP contribution is -2.35. The minimum absolute atomic E-state index is 0.0992. The summed E-state index contributed by atoms with van der Waals surface area (Å²) in [5, 5.41) is 3.25. The van der Waals surface area contributed by atoms with Gasteiger partial charge in [-0.3, -0.25) is 4.79 Å². The molecule has 0 aromatic carbocycles. The highest BCUT2D eigenvalue weighted by atomic mass is 79.9. The summed E-state index contributed by atoms with van der Waals surface area (Å²) in [6.45, 7) is 2.32. The lowest BCUT2D eigenvalue weighted by Gasteiger charge is -2.17. The van der Waals surface area contributed by atoms with Crippen molar-refractivity contribution in [3.8, 4) is 0 Å². The molecule has 0 spiro atoms. The van der Waals surface area contributed by atoms with Gasteiger partial charge in [-0.25, -0.2) is 0 Å². The number of carbonyl (C=O) groups excluding carboxylic acids is 1. The van der Waals surface area contributed by atoms with Crippen LogP contribution in [0.1, 0.15) is 68.4 Å². The average Bonchev–Trinajstić information content (AvgIpc) is 3.20. The first-order valence-electron chi connectivity index (χ1n) is 7.81. The van der Waals surface area contributed by atoms with Crippen LogP contribution in [-0.2, 0) is 0 Å². The van der Waals surface area contributed by atoms with Crippen molar-refractivity contribution in [3.63, 3.8) is 0 Å². The van der Waals surface area contributed by atoms with Crippen LogP contribution < -0.4 is 5.32 Å². The first-order chi connectivity index (χ1) is 9.63. The third-order valence-corrected chi connectivity index (χ3v) is 5.01. The summed E-state index contributed by atoms with van der Waals surface area (Å²) < 4.78 is 3.14. The molecular weight excluding hydrogens is 316 g/mol. The van der Waals surface area contributed by atoms with E-state index in [0.717, 1.165) is 28.9 Å². The van der Waals surface area contributed by atoms with E-state index in [1.807, 2.05) is 12.3 Å². The summed E-state index contributed by atoms with van der Waals surface area (Å²) in [5.74, 6) is 0.906. The molecule has 3 rings (SSSR count). The number of rotatable bonds is 3. The van der Waals surface area contributed by atoms with E-state index in [9.17, 15) is 4.79 Å². The molecule has 0 bridgehead atoms. The first kappa shape index (κ1) is 14.2. The zero-order valence-corrected chi connectivity index (χ0v) is 13.7. The number of amides is 1. The van der Waals surface area contributed by atoms with Crippen LogP contribution in [0.3, 0.4) is 0 Å². The van der Waals surface area contributed by atoms with E-state index in [1.54, 1.807) is 0 Å². The van der Waals surface area contributed by atoms with Crippen molar-refractivity contribution in [2.45, 2.75) is 64.0 Å². The number of halogens is 1. The van der Waals surface area contributed by atoms with Gasteiger partial charge >= 0.3 is 0 Å². The van der Waals surface area contributed by atoms with Crippen molar-refractivity contribution < 1.29 is 4.79 Å². The van der Waals surface area contributed by atoms with Gasteiger partial charge < -0.3 is 9.88 Å². The van der Waals surface area contributed by atoms with Gasteiger partial charge in [-0.15, -0.1) is 0 Å². The number of aromatic nitrogens is 1. The SMILES string of the molecule is CC1CCCC(NC(=O)c2cc(Br)cn2C2CC2)CC1. The fraction of sp³-hybridized carbons (Fsp3) is 0.688. The van der Waals surface area contributed by atoms with Gasteiger partial charge in [0.15, 0.2) is 0 Å². The van der Waals surface area contributed by atoms with Crippen LogP contribution in [0.25, 0.3) is 0 Å². The lowest BCUT2D eigenvalue weighted by atomic mass is 10.0. The summed E-state index contributed by atoms with van der Waals surface area (Å²) in [6, 6.07) is 2.84. The number of carbonyl (C=O) groups is 1. The minimum Gasteiger partial charge on any atom is -0.348 e. The summed E-state index contributed by atoms with van der Waals surface area (Å²) in [5.41, 5.74) is 0.816. The van der Waals surface area contributed by atoms with Gasteiger partial charge in [0.2, 0.25) is 0 Å². The second kappa shape index (κ2) is 5.92. The van der Waals surface area contributed by atoms with E-state index in [0.29, 0.717) is 12.1 Å². The van der Waals surface area contributed by atoms with Gasteiger partial charge in [-0.05, 0) is 60.0 Å². The molecule has 2 aliphatic carbocycles. The Labute approximate surface area is 129 Å². The molecule has 0 radical (unpaired) electrons. The minimum atomic E-state index is 0.0992. The normalized spacial score (nSPS) is 27.1. The number of hydrogen-bond donors (Lipinski definition) is 1. The highest BCUT2D eigenvalue weighted by molar-refractivity contribution is 9.10. The molecule has 1 N–H and O–H groups in total. The van der Waals surface area contributed by atoms with Crippen LogP contribution >= 0.6 is 15.9 Å². The lowest BCUT2D eigenvalue weighted by molar-refractivity contribution is 0.0923. The molecule has 2 saturated carbocycles. The highest BCUT2D eigenvalue weighted by Gasteiger charge is 2.28. The van der Waals surface area contributed by atoms with Crippen LogP contribution in [0.4, 0.5) is 0 Å². The summed E-state index contributed by atoms with van der Waals surface area (Å²) in [6.07, 6.45) is 10.5. The van der Waals surface area contributed by atoms with Gasteiger partial charge in [0.25, 0.3) is 5.91 Å². The summed E-state index contributed by atoms with van der Waals surface area (Å²) in [4.78, 5) is 12.5. The van der Waals surface area contributed by atoms with E-state index >= 15 is 0 Å². The molecule has 2 atom stereocenters. The topological polar surface area (TPSA) is 34.0 Å². The second-order valence-electron chi connectivity index (χ2n) is 6.47. The Morgan fingerprint density at radius 1 is 1.25 bits per heavy atom. The molecule has 20 heavy (non-hydrogen) atoms.